The van der Waals surface area contributed by atoms with Crippen molar-refractivity contribution in [3.8, 4) is 0 Å². The lowest BCUT2D eigenvalue weighted by Crippen LogP contribution is -2.45. The highest BCUT2D eigenvalue weighted by Gasteiger charge is 2.62. The van der Waals surface area contributed by atoms with Crippen LogP contribution >= 0.6 is 0 Å². The third-order valence-corrected chi connectivity index (χ3v) is 6.02. The Morgan fingerprint density at radius 3 is 2.65 bits per heavy atom. The predicted molar refractivity (Wildman–Crippen MR) is 67.7 cm³/mol. The van der Waals surface area contributed by atoms with Gasteiger partial charge in [0.05, 0.1) is 11.2 Å². The van der Waals surface area contributed by atoms with Gasteiger partial charge in [-0.1, -0.05) is 6.92 Å². The molecule has 3 fully saturated rings. The molecular formula is C15H26O2. The maximum Gasteiger partial charge on any atom is 0.0774 e. The van der Waals surface area contributed by atoms with Crippen LogP contribution in [0.15, 0.2) is 0 Å². The van der Waals surface area contributed by atoms with Crippen LogP contribution in [0.25, 0.3) is 0 Å². The van der Waals surface area contributed by atoms with E-state index in [1.165, 1.54) is 25.7 Å². The maximum absolute atomic E-state index is 9.69. The maximum atomic E-state index is 9.69. The van der Waals surface area contributed by atoms with Crippen molar-refractivity contribution in [3.63, 3.8) is 0 Å². The van der Waals surface area contributed by atoms with Crippen LogP contribution in [0.3, 0.4) is 0 Å². The second-order valence-corrected chi connectivity index (χ2v) is 7.18. The summed E-state index contributed by atoms with van der Waals surface area (Å²) in [7, 11) is 0. The number of hydrogen-bond donors (Lipinski definition) is 1. The molecule has 2 heteroatoms. The van der Waals surface area contributed by atoms with Gasteiger partial charge in [0.1, 0.15) is 0 Å². The van der Waals surface area contributed by atoms with E-state index in [2.05, 4.69) is 20.8 Å². The van der Waals surface area contributed by atoms with E-state index >= 15 is 0 Å². The van der Waals surface area contributed by atoms with Crippen molar-refractivity contribution in [2.75, 3.05) is 6.61 Å². The van der Waals surface area contributed by atoms with Crippen LogP contribution in [0.1, 0.15) is 52.9 Å². The van der Waals surface area contributed by atoms with Crippen LogP contribution in [-0.2, 0) is 4.74 Å². The molecule has 2 nitrogen and oxygen atoms in total. The fourth-order valence-corrected chi connectivity index (χ4v) is 5.02. The molecule has 1 heterocycles. The van der Waals surface area contributed by atoms with Gasteiger partial charge in [-0.3, -0.25) is 0 Å². The molecule has 0 aromatic carbocycles. The molecule has 0 aromatic rings. The van der Waals surface area contributed by atoms with Gasteiger partial charge in [-0.2, -0.15) is 0 Å². The van der Waals surface area contributed by atoms with Crippen LogP contribution in [0.2, 0.25) is 0 Å². The van der Waals surface area contributed by atoms with Crippen molar-refractivity contribution in [1.82, 2.24) is 0 Å². The molecule has 0 aromatic heterocycles. The molecule has 17 heavy (non-hydrogen) atoms. The molecule has 1 aliphatic heterocycles. The molecule has 1 spiro atoms. The average molecular weight is 238 g/mol. The molecule has 1 N–H and O–H groups in total. The monoisotopic (exact) mass is 238 g/mol. The summed E-state index contributed by atoms with van der Waals surface area (Å²) in [6, 6.07) is 0. The van der Waals surface area contributed by atoms with Crippen molar-refractivity contribution >= 4 is 0 Å². The zero-order chi connectivity index (χ0) is 12.3. The van der Waals surface area contributed by atoms with Crippen LogP contribution in [-0.4, -0.2) is 22.9 Å². The van der Waals surface area contributed by atoms with E-state index in [0.29, 0.717) is 24.4 Å². The average Bonchev–Trinajstić information content (AvgIpc) is 2.68. The number of aliphatic hydroxyl groups excluding tert-OH is 1. The fourth-order valence-electron chi connectivity index (χ4n) is 5.02. The summed E-state index contributed by atoms with van der Waals surface area (Å²) in [5, 5.41) is 9.69. The van der Waals surface area contributed by atoms with Crippen molar-refractivity contribution in [3.05, 3.63) is 0 Å². The van der Waals surface area contributed by atoms with Crippen LogP contribution in [0.4, 0.5) is 0 Å². The topological polar surface area (TPSA) is 29.5 Å². The standard InChI is InChI=1S/C15H26O2/c1-10-4-5-11-8-15(17-14(11,2)3)12(9-16)6-7-13(10)15/h10-13,16H,4-9H2,1-3H3. The number of rotatable bonds is 1. The van der Waals surface area contributed by atoms with Crippen molar-refractivity contribution in [1.29, 1.82) is 0 Å². The molecule has 2 saturated carbocycles. The minimum absolute atomic E-state index is 0.0127. The fraction of sp³-hybridized carbons (Fsp3) is 1.00. The summed E-state index contributed by atoms with van der Waals surface area (Å²) in [4.78, 5) is 0. The smallest absolute Gasteiger partial charge is 0.0774 e. The first-order chi connectivity index (χ1) is 7.99. The summed E-state index contributed by atoms with van der Waals surface area (Å²) < 4.78 is 6.58. The Morgan fingerprint density at radius 1 is 1.18 bits per heavy atom. The molecule has 1 saturated heterocycles. The SMILES string of the molecule is CC1CCC2CC3(OC2(C)C)C(CO)CCC13. The molecule has 2 aliphatic carbocycles. The molecular weight excluding hydrogens is 212 g/mol. The van der Waals surface area contributed by atoms with E-state index in [4.69, 9.17) is 4.74 Å². The Labute approximate surface area is 105 Å². The molecule has 5 unspecified atom stereocenters. The van der Waals surface area contributed by atoms with Crippen LogP contribution < -0.4 is 0 Å². The molecule has 98 valence electrons. The lowest BCUT2D eigenvalue weighted by Gasteiger charge is -2.41. The van der Waals surface area contributed by atoms with Gasteiger partial charge in [-0.25, -0.2) is 0 Å². The van der Waals surface area contributed by atoms with Gasteiger partial charge in [0.2, 0.25) is 0 Å². The van der Waals surface area contributed by atoms with Gasteiger partial charge in [0.25, 0.3) is 0 Å². The first-order valence-electron chi connectivity index (χ1n) is 7.30. The van der Waals surface area contributed by atoms with E-state index in [0.717, 1.165) is 12.3 Å². The lowest BCUT2D eigenvalue weighted by atomic mass is 9.76. The van der Waals surface area contributed by atoms with E-state index in [9.17, 15) is 5.11 Å². The largest absolute Gasteiger partial charge is 0.396 e. The Hall–Kier alpha value is -0.0800. The molecule has 3 rings (SSSR count). The Bertz CT molecular complexity index is 312. The van der Waals surface area contributed by atoms with E-state index < -0.39 is 0 Å². The Balaban J connectivity index is 2.00. The van der Waals surface area contributed by atoms with E-state index in [1.807, 2.05) is 0 Å². The van der Waals surface area contributed by atoms with Gasteiger partial charge in [-0.15, -0.1) is 0 Å². The highest BCUT2D eigenvalue weighted by molar-refractivity contribution is 5.11. The number of fused-ring (bicyclic) bond motifs is 1. The molecule has 2 bridgehead atoms. The van der Waals surface area contributed by atoms with Crippen LogP contribution in [0, 0.1) is 23.7 Å². The highest BCUT2D eigenvalue weighted by atomic mass is 16.5. The minimum atomic E-state index is 0.0127. The molecule has 0 amide bonds. The zero-order valence-corrected chi connectivity index (χ0v) is 11.4. The van der Waals surface area contributed by atoms with E-state index in [1.54, 1.807) is 0 Å². The number of ether oxygens (including phenoxy) is 1. The molecule has 0 radical (unpaired) electrons. The lowest BCUT2D eigenvalue weighted by molar-refractivity contribution is -0.153. The third-order valence-electron chi connectivity index (χ3n) is 6.02. The summed E-state index contributed by atoms with van der Waals surface area (Å²) in [6.07, 6.45) is 6.27. The van der Waals surface area contributed by atoms with Gasteiger partial charge >= 0.3 is 0 Å². The minimum Gasteiger partial charge on any atom is -0.396 e. The van der Waals surface area contributed by atoms with Gasteiger partial charge in [0.15, 0.2) is 0 Å². The summed E-state index contributed by atoms with van der Waals surface area (Å²) in [5.41, 5.74) is 0.0367. The number of hydrogen-bond acceptors (Lipinski definition) is 2. The highest BCUT2D eigenvalue weighted by Crippen LogP contribution is 2.61. The van der Waals surface area contributed by atoms with Crippen molar-refractivity contribution in [2.45, 2.75) is 64.1 Å². The van der Waals surface area contributed by atoms with Crippen LogP contribution in [0.5, 0.6) is 0 Å². The van der Waals surface area contributed by atoms with E-state index in [-0.39, 0.29) is 11.2 Å². The molecule has 5 atom stereocenters. The first-order valence-corrected chi connectivity index (χ1v) is 7.30. The van der Waals surface area contributed by atoms with Gasteiger partial charge in [0, 0.05) is 12.5 Å². The third kappa shape index (κ3) is 1.53. The zero-order valence-electron chi connectivity index (χ0n) is 11.4. The van der Waals surface area contributed by atoms with Gasteiger partial charge in [-0.05, 0) is 63.7 Å². The predicted octanol–water partition coefficient (Wildman–Crippen LogP) is 2.99. The second kappa shape index (κ2) is 3.71. The van der Waals surface area contributed by atoms with Crippen molar-refractivity contribution in [2.24, 2.45) is 23.7 Å². The summed E-state index contributed by atoms with van der Waals surface area (Å²) in [5.74, 6) is 2.54. The first kappa shape index (κ1) is 12.0. The summed E-state index contributed by atoms with van der Waals surface area (Å²) >= 11 is 0. The molecule has 3 aliphatic rings. The van der Waals surface area contributed by atoms with Gasteiger partial charge < -0.3 is 9.84 Å². The summed E-state index contributed by atoms with van der Waals surface area (Å²) in [6.45, 7) is 7.22. The Morgan fingerprint density at radius 2 is 1.94 bits per heavy atom. The second-order valence-electron chi connectivity index (χ2n) is 7.18. The van der Waals surface area contributed by atoms with Crippen molar-refractivity contribution < 1.29 is 9.84 Å². The number of aliphatic hydroxyl groups is 1. The Kier molecular flexibility index (Phi) is 2.61. The normalized spacial score (nSPS) is 52.2. The quantitative estimate of drug-likeness (QED) is 0.761.